The van der Waals surface area contributed by atoms with Crippen LogP contribution in [0.1, 0.15) is 77.2 Å². The summed E-state index contributed by atoms with van der Waals surface area (Å²) in [6, 6.07) is 5.80. The second-order valence-electron chi connectivity index (χ2n) is 9.97. The van der Waals surface area contributed by atoms with Gasteiger partial charge in [-0.15, -0.1) is 0 Å². The fourth-order valence-electron chi connectivity index (χ4n) is 5.69. The lowest BCUT2D eigenvalue weighted by Gasteiger charge is -2.41. The summed E-state index contributed by atoms with van der Waals surface area (Å²) in [5.41, 5.74) is 1.83. The standard InChI is InChI=1S/C27H38N4O5/c1-3-8-24(20-9-5-4-6-10-20)31(19(2)36-18-32)26(34)11-7-14-35-22-12-13-23-21(15-22)16-30-17-25(33)29-27(30)28-23/h12-13,15,18-20,24H,3-11,14,16-17H2,1-2H3,(H,28,29,33). The van der Waals surface area contributed by atoms with Crippen molar-refractivity contribution < 1.29 is 23.9 Å². The number of benzene rings is 1. The summed E-state index contributed by atoms with van der Waals surface area (Å²) in [7, 11) is 0. The van der Waals surface area contributed by atoms with Gasteiger partial charge in [0.15, 0.2) is 6.23 Å². The van der Waals surface area contributed by atoms with Crippen LogP contribution in [0, 0.1) is 5.92 Å². The van der Waals surface area contributed by atoms with Crippen LogP contribution in [0.3, 0.4) is 0 Å². The average molecular weight is 499 g/mol. The minimum absolute atomic E-state index is 0.00971. The highest BCUT2D eigenvalue weighted by atomic mass is 16.5. The van der Waals surface area contributed by atoms with Gasteiger partial charge in [-0.25, -0.2) is 4.99 Å². The van der Waals surface area contributed by atoms with Crippen LogP contribution in [0.4, 0.5) is 5.69 Å². The van der Waals surface area contributed by atoms with Crippen LogP contribution < -0.4 is 10.1 Å². The molecule has 0 bridgehead atoms. The fourth-order valence-corrected chi connectivity index (χ4v) is 5.69. The molecule has 2 unspecified atom stereocenters. The van der Waals surface area contributed by atoms with Crippen molar-refractivity contribution >= 4 is 29.9 Å². The quantitative estimate of drug-likeness (QED) is 0.267. The van der Waals surface area contributed by atoms with Gasteiger partial charge < -0.3 is 19.3 Å². The van der Waals surface area contributed by atoms with E-state index in [9.17, 15) is 14.4 Å². The largest absolute Gasteiger partial charge is 0.494 e. The Morgan fingerprint density at radius 3 is 2.83 bits per heavy atom. The van der Waals surface area contributed by atoms with E-state index < -0.39 is 6.23 Å². The first kappa shape index (κ1) is 26.0. The molecule has 0 spiro atoms. The van der Waals surface area contributed by atoms with Crippen molar-refractivity contribution in [1.29, 1.82) is 0 Å². The van der Waals surface area contributed by atoms with Gasteiger partial charge in [-0.3, -0.25) is 19.7 Å². The number of amides is 2. The summed E-state index contributed by atoms with van der Waals surface area (Å²) in [4.78, 5) is 44.3. The third kappa shape index (κ3) is 6.17. The van der Waals surface area contributed by atoms with Gasteiger partial charge >= 0.3 is 0 Å². The molecule has 9 nitrogen and oxygen atoms in total. The Hall–Kier alpha value is -3.10. The molecular formula is C27H38N4O5. The second-order valence-corrected chi connectivity index (χ2v) is 9.97. The third-order valence-electron chi connectivity index (χ3n) is 7.40. The van der Waals surface area contributed by atoms with Crippen LogP contribution in [-0.4, -0.2) is 59.5 Å². The van der Waals surface area contributed by atoms with E-state index >= 15 is 0 Å². The summed E-state index contributed by atoms with van der Waals surface area (Å²) >= 11 is 0. The Morgan fingerprint density at radius 1 is 1.28 bits per heavy atom. The minimum Gasteiger partial charge on any atom is -0.494 e. The van der Waals surface area contributed by atoms with Crippen molar-refractivity contribution in [2.75, 3.05) is 13.2 Å². The maximum Gasteiger partial charge on any atom is 0.294 e. The molecule has 196 valence electrons. The number of hydrogen-bond acceptors (Lipinski definition) is 7. The summed E-state index contributed by atoms with van der Waals surface area (Å²) in [5.74, 6) is 1.74. The van der Waals surface area contributed by atoms with Crippen LogP contribution in [-0.2, 0) is 25.7 Å². The van der Waals surface area contributed by atoms with Gasteiger partial charge in [0.05, 0.1) is 12.3 Å². The van der Waals surface area contributed by atoms with E-state index in [0.29, 0.717) is 50.9 Å². The van der Waals surface area contributed by atoms with E-state index in [4.69, 9.17) is 9.47 Å². The first-order valence-corrected chi connectivity index (χ1v) is 13.3. The van der Waals surface area contributed by atoms with Crippen LogP contribution >= 0.6 is 0 Å². The van der Waals surface area contributed by atoms with E-state index in [2.05, 4.69) is 17.2 Å². The monoisotopic (exact) mass is 498 g/mol. The van der Waals surface area contributed by atoms with Gasteiger partial charge in [-0.2, -0.15) is 0 Å². The highest BCUT2D eigenvalue weighted by Crippen LogP contribution is 2.33. The van der Waals surface area contributed by atoms with Gasteiger partial charge in [0.1, 0.15) is 12.3 Å². The molecule has 0 radical (unpaired) electrons. The molecule has 4 rings (SSSR count). The van der Waals surface area contributed by atoms with E-state index in [-0.39, 0.29) is 17.9 Å². The van der Waals surface area contributed by atoms with E-state index in [0.717, 1.165) is 42.7 Å². The molecule has 2 fully saturated rings. The van der Waals surface area contributed by atoms with Crippen LogP contribution in [0.2, 0.25) is 0 Å². The zero-order chi connectivity index (χ0) is 25.5. The molecule has 9 heteroatoms. The van der Waals surface area contributed by atoms with Crippen molar-refractivity contribution in [2.24, 2.45) is 10.9 Å². The number of guanidine groups is 1. The summed E-state index contributed by atoms with van der Waals surface area (Å²) in [5, 5.41) is 2.77. The maximum absolute atomic E-state index is 13.4. The third-order valence-corrected chi connectivity index (χ3v) is 7.40. The Labute approximate surface area is 213 Å². The van der Waals surface area contributed by atoms with Gasteiger partial charge in [0, 0.05) is 24.6 Å². The lowest BCUT2D eigenvalue weighted by molar-refractivity contribution is -0.159. The zero-order valence-corrected chi connectivity index (χ0v) is 21.4. The van der Waals surface area contributed by atoms with Crippen molar-refractivity contribution in [1.82, 2.24) is 15.1 Å². The Kier molecular flexibility index (Phi) is 8.83. The number of aliphatic imine (C=N–C) groups is 1. The van der Waals surface area contributed by atoms with Crippen molar-refractivity contribution in [3.63, 3.8) is 0 Å². The number of fused-ring (bicyclic) bond motifs is 2. The van der Waals surface area contributed by atoms with Crippen LogP contribution in [0.15, 0.2) is 23.2 Å². The first-order chi connectivity index (χ1) is 17.5. The number of nitrogens with zero attached hydrogens (tertiary/aromatic N) is 3. The number of hydrogen-bond donors (Lipinski definition) is 1. The van der Waals surface area contributed by atoms with Gasteiger partial charge in [-0.1, -0.05) is 32.6 Å². The number of nitrogens with one attached hydrogen (secondary N) is 1. The molecule has 1 saturated carbocycles. The molecule has 1 aromatic rings. The number of ether oxygens (including phenoxy) is 2. The molecule has 0 aromatic heterocycles. The number of rotatable bonds is 12. The number of carbonyl (C=O) groups is 3. The summed E-state index contributed by atoms with van der Waals surface area (Å²) < 4.78 is 11.2. The Bertz CT molecular complexity index is 975. The lowest BCUT2D eigenvalue weighted by atomic mass is 9.81. The van der Waals surface area contributed by atoms with E-state index in [1.807, 2.05) is 28.0 Å². The molecular weight excluding hydrogens is 460 g/mol. The Balaban J connectivity index is 1.33. The molecule has 2 heterocycles. The first-order valence-electron chi connectivity index (χ1n) is 13.3. The van der Waals surface area contributed by atoms with Crippen molar-refractivity contribution in [3.05, 3.63) is 23.8 Å². The molecule has 2 amide bonds. The lowest BCUT2D eigenvalue weighted by Crippen LogP contribution is -2.50. The normalized spacial score (nSPS) is 18.9. The fraction of sp³-hybridized carbons (Fsp3) is 0.630. The molecule has 3 aliphatic rings. The maximum atomic E-state index is 13.4. The summed E-state index contributed by atoms with van der Waals surface area (Å²) in [6.07, 6.45) is 8.11. The highest BCUT2D eigenvalue weighted by Gasteiger charge is 2.34. The predicted octanol–water partition coefficient (Wildman–Crippen LogP) is 3.88. The van der Waals surface area contributed by atoms with Crippen LogP contribution in [0.25, 0.3) is 0 Å². The van der Waals surface area contributed by atoms with E-state index in [1.54, 1.807) is 6.92 Å². The Morgan fingerprint density at radius 2 is 2.08 bits per heavy atom. The molecule has 2 atom stereocenters. The second kappa shape index (κ2) is 12.2. The van der Waals surface area contributed by atoms with Gasteiger partial charge in [0.2, 0.25) is 17.8 Å². The SMILES string of the molecule is CCCC(C1CCCCC1)N(C(=O)CCCOc1ccc2c(c1)CN1CC(=O)NC1=N2)C(C)OC=O. The average Bonchev–Trinajstić information content (AvgIpc) is 3.24. The molecule has 1 aromatic carbocycles. The van der Waals surface area contributed by atoms with Gasteiger partial charge in [0.25, 0.3) is 6.47 Å². The smallest absolute Gasteiger partial charge is 0.294 e. The predicted molar refractivity (Wildman–Crippen MR) is 136 cm³/mol. The summed E-state index contributed by atoms with van der Waals surface area (Å²) in [6.45, 7) is 5.69. The van der Waals surface area contributed by atoms with Crippen LogP contribution in [0.5, 0.6) is 5.75 Å². The topological polar surface area (TPSA) is 101 Å². The van der Waals surface area contributed by atoms with Crippen molar-refractivity contribution in [3.8, 4) is 5.75 Å². The minimum atomic E-state index is -0.576. The highest BCUT2D eigenvalue weighted by molar-refractivity contribution is 6.05. The van der Waals surface area contributed by atoms with Crippen molar-refractivity contribution in [2.45, 2.75) is 90.4 Å². The van der Waals surface area contributed by atoms with Gasteiger partial charge in [-0.05, 0) is 56.7 Å². The number of carbonyl (C=O) groups excluding carboxylic acids is 3. The van der Waals surface area contributed by atoms with E-state index in [1.165, 1.54) is 19.3 Å². The molecule has 1 aliphatic carbocycles. The zero-order valence-electron chi connectivity index (χ0n) is 21.4. The molecule has 2 aliphatic heterocycles. The molecule has 1 N–H and O–H groups in total. The molecule has 1 saturated heterocycles. The molecule has 36 heavy (non-hydrogen) atoms.